The summed E-state index contributed by atoms with van der Waals surface area (Å²) in [7, 11) is 0. The lowest BCUT2D eigenvalue weighted by Crippen LogP contribution is -2.01. The van der Waals surface area contributed by atoms with Crippen molar-refractivity contribution in [3.8, 4) is 11.8 Å². The first-order valence-corrected chi connectivity index (χ1v) is 6.81. The molecular formula is C17H18N2O. The molecule has 0 spiro atoms. The fourth-order valence-electron chi connectivity index (χ4n) is 2.03. The van der Waals surface area contributed by atoms with E-state index in [4.69, 9.17) is 10.00 Å². The molecule has 1 aromatic heterocycles. The van der Waals surface area contributed by atoms with Crippen molar-refractivity contribution in [1.29, 1.82) is 5.26 Å². The lowest BCUT2D eigenvalue weighted by Gasteiger charge is -2.15. The van der Waals surface area contributed by atoms with Gasteiger partial charge in [0.15, 0.2) is 0 Å². The van der Waals surface area contributed by atoms with Gasteiger partial charge in [0.1, 0.15) is 24.1 Å². The number of pyridine rings is 1. The molecule has 0 aliphatic rings. The van der Waals surface area contributed by atoms with Gasteiger partial charge in [-0.2, -0.15) is 5.26 Å². The molecule has 1 unspecified atom stereocenters. The van der Waals surface area contributed by atoms with Crippen molar-refractivity contribution in [3.63, 3.8) is 0 Å². The Morgan fingerprint density at radius 1 is 1.30 bits per heavy atom. The van der Waals surface area contributed by atoms with E-state index in [1.807, 2.05) is 30.3 Å². The van der Waals surface area contributed by atoms with Crippen LogP contribution in [0.15, 0.2) is 42.6 Å². The first-order chi connectivity index (χ1) is 9.74. The average molecular weight is 266 g/mol. The van der Waals surface area contributed by atoms with E-state index >= 15 is 0 Å². The van der Waals surface area contributed by atoms with Crippen LogP contribution in [0.1, 0.15) is 43.0 Å². The Morgan fingerprint density at radius 3 is 2.85 bits per heavy atom. The number of nitriles is 1. The smallest absolute Gasteiger partial charge is 0.140 e. The first-order valence-electron chi connectivity index (χ1n) is 6.81. The van der Waals surface area contributed by atoms with E-state index in [-0.39, 0.29) is 0 Å². The highest BCUT2D eigenvalue weighted by Gasteiger charge is 2.09. The Hall–Kier alpha value is -2.34. The molecular weight excluding hydrogens is 248 g/mol. The van der Waals surface area contributed by atoms with Crippen LogP contribution in [0.25, 0.3) is 0 Å². The predicted octanol–water partition coefficient (Wildman–Crippen LogP) is 4.05. The van der Waals surface area contributed by atoms with E-state index in [1.165, 1.54) is 5.56 Å². The van der Waals surface area contributed by atoms with Crippen LogP contribution in [0.4, 0.5) is 0 Å². The molecule has 0 aliphatic carbocycles. The minimum Gasteiger partial charge on any atom is -0.489 e. The van der Waals surface area contributed by atoms with Gasteiger partial charge in [-0.15, -0.1) is 0 Å². The zero-order valence-electron chi connectivity index (χ0n) is 11.8. The SMILES string of the molecule is CCC(C)c1ccccc1OCc1ccnc(C#N)c1. The quantitative estimate of drug-likeness (QED) is 0.820. The number of benzene rings is 1. The van der Waals surface area contributed by atoms with Crippen LogP contribution in [-0.4, -0.2) is 4.98 Å². The summed E-state index contributed by atoms with van der Waals surface area (Å²) < 4.78 is 5.91. The Bertz CT molecular complexity index is 616. The monoisotopic (exact) mass is 266 g/mol. The van der Waals surface area contributed by atoms with Gasteiger partial charge < -0.3 is 4.74 Å². The van der Waals surface area contributed by atoms with E-state index < -0.39 is 0 Å². The summed E-state index contributed by atoms with van der Waals surface area (Å²) in [4.78, 5) is 3.96. The van der Waals surface area contributed by atoms with Crippen LogP contribution in [0.2, 0.25) is 0 Å². The Morgan fingerprint density at radius 2 is 2.10 bits per heavy atom. The number of aromatic nitrogens is 1. The number of ether oxygens (including phenoxy) is 1. The van der Waals surface area contributed by atoms with Gasteiger partial charge in [0, 0.05) is 6.20 Å². The summed E-state index contributed by atoms with van der Waals surface area (Å²) in [6, 6.07) is 13.8. The highest BCUT2D eigenvalue weighted by atomic mass is 16.5. The number of nitrogens with zero attached hydrogens (tertiary/aromatic N) is 2. The first kappa shape index (κ1) is 14.1. The summed E-state index contributed by atoms with van der Waals surface area (Å²) in [5.41, 5.74) is 2.60. The van der Waals surface area contributed by atoms with Crippen LogP contribution < -0.4 is 4.74 Å². The zero-order valence-corrected chi connectivity index (χ0v) is 11.8. The molecule has 0 N–H and O–H groups in total. The van der Waals surface area contributed by atoms with E-state index in [0.717, 1.165) is 17.7 Å². The fraction of sp³-hybridized carbons (Fsp3) is 0.294. The molecule has 0 fully saturated rings. The third-order valence-corrected chi connectivity index (χ3v) is 3.40. The van der Waals surface area contributed by atoms with E-state index in [2.05, 4.69) is 24.9 Å². The molecule has 0 bridgehead atoms. The average Bonchev–Trinajstić information content (AvgIpc) is 2.52. The highest BCUT2D eigenvalue weighted by molar-refractivity contribution is 5.36. The van der Waals surface area contributed by atoms with Crippen molar-refractivity contribution in [2.24, 2.45) is 0 Å². The molecule has 1 atom stereocenters. The van der Waals surface area contributed by atoms with Gasteiger partial charge in [-0.25, -0.2) is 4.98 Å². The minimum atomic E-state index is 0.418. The van der Waals surface area contributed by atoms with Crippen LogP contribution in [-0.2, 0) is 6.61 Å². The van der Waals surface area contributed by atoms with Crippen molar-refractivity contribution < 1.29 is 4.74 Å². The normalized spacial score (nSPS) is 11.7. The van der Waals surface area contributed by atoms with Crippen LogP contribution in [0.3, 0.4) is 0 Å². The Balaban J connectivity index is 2.13. The summed E-state index contributed by atoms with van der Waals surface area (Å²) in [6.45, 7) is 4.82. The second kappa shape index (κ2) is 6.72. The maximum Gasteiger partial charge on any atom is 0.140 e. The van der Waals surface area contributed by atoms with Gasteiger partial charge in [-0.3, -0.25) is 0 Å². The van der Waals surface area contributed by atoms with Gasteiger partial charge in [0.05, 0.1) is 0 Å². The number of hydrogen-bond acceptors (Lipinski definition) is 3. The second-order valence-corrected chi connectivity index (χ2v) is 4.80. The van der Waals surface area contributed by atoms with Gasteiger partial charge in [-0.1, -0.05) is 32.0 Å². The molecule has 2 aromatic rings. The molecule has 20 heavy (non-hydrogen) atoms. The van der Waals surface area contributed by atoms with Gasteiger partial charge >= 0.3 is 0 Å². The van der Waals surface area contributed by atoms with Crippen LogP contribution in [0, 0.1) is 11.3 Å². The maximum absolute atomic E-state index is 8.84. The lowest BCUT2D eigenvalue weighted by molar-refractivity contribution is 0.301. The van der Waals surface area contributed by atoms with E-state index in [9.17, 15) is 0 Å². The van der Waals surface area contributed by atoms with Crippen molar-refractivity contribution >= 4 is 0 Å². The van der Waals surface area contributed by atoms with Crippen molar-refractivity contribution in [1.82, 2.24) is 4.98 Å². The Labute approximate surface area is 119 Å². The fourth-order valence-corrected chi connectivity index (χ4v) is 2.03. The number of rotatable bonds is 5. The molecule has 102 valence electrons. The van der Waals surface area contributed by atoms with Crippen molar-refractivity contribution in [2.75, 3.05) is 0 Å². The Kier molecular flexibility index (Phi) is 4.73. The van der Waals surface area contributed by atoms with Gasteiger partial charge in [0.2, 0.25) is 0 Å². The largest absolute Gasteiger partial charge is 0.489 e. The lowest BCUT2D eigenvalue weighted by atomic mass is 9.98. The van der Waals surface area contributed by atoms with Crippen LogP contribution >= 0.6 is 0 Å². The van der Waals surface area contributed by atoms with E-state index in [1.54, 1.807) is 12.3 Å². The highest BCUT2D eigenvalue weighted by Crippen LogP contribution is 2.28. The molecule has 1 aromatic carbocycles. The maximum atomic E-state index is 8.84. The summed E-state index contributed by atoms with van der Waals surface area (Å²) in [5.74, 6) is 1.38. The van der Waals surface area contributed by atoms with E-state index in [0.29, 0.717) is 18.2 Å². The standard InChI is InChI=1S/C17H18N2O/c1-3-13(2)16-6-4-5-7-17(16)20-12-14-8-9-19-15(10-14)11-18/h4-10,13H,3,12H2,1-2H3. The predicted molar refractivity (Wildman–Crippen MR) is 78.4 cm³/mol. The summed E-state index contributed by atoms with van der Waals surface area (Å²) in [5, 5.41) is 8.84. The van der Waals surface area contributed by atoms with Crippen molar-refractivity contribution in [2.45, 2.75) is 32.8 Å². The molecule has 2 rings (SSSR count). The molecule has 3 heteroatoms. The number of hydrogen-bond donors (Lipinski definition) is 0. The molecule has 0 saturated carbocycles. The third-order valence-electron chi connectivity index (χ3n) is 3.40. The molecule has 1 heterocycles. The van der Waals surface area contributed by atoms with Gasteiger partial charge in [0.25, 0.3) is 0 Å². The summed E-state index contributed by atoms with van der Waals surface area (Å²) >= 11 is 0. The van der Waals surface area contributed by atoms with Crippen molar-refractivity contribution in [3.05, 3.63) is 59.4 Å². The second-order valence-electron chi connectivity index (χ2n) is 4.80. The molecule has 3 nitrogen and oxygen atoms in total. The molecule has 0 radical (unpaired) electrons. The topological polar surface area (TPSA) is 45.9 Å². The molecule has 0 amide bonds. The van der Waals surface area contributed by atoms with Gasteiger partial charge in [-0.05, 0) is 41.7 Å². The summed E-state index contributed by atoms with van der Waals surface area (Å²) in [6.07, 6.45) is 2.71. The molecule has 0 saturated heterocycles. The zero-order chi connectivity index (χ0) is 14.4. The third kappa shape index (κ3) is 3.36. The minimum absolute atomic E-state index is 0.418. The van der Waals surface area contributed by atoms with Crippen LogP contribution in [0.5, 0.6) is 5.75 Å². The molecule has 0 aliphatic heterocycles. The number of para-hydroxylation sites is 1.